The average Bonchev–Trinajstić information content (AvgIpc) is 3.26. The molecule has 0 N–H and O–H groups in total. The largest absolute Gasteiger partial charge is 0.214 e. The van der Waals surface area contributed by atoms with Gasteiger partial charge in [0.15, 0.2) is 5.82 Å². The highest BCUT2D eigenvalue weighted by molar-refractivity contribution is 7.27. The summed E-state index contributed by atoms with van der Waals surface area (Å²) in [6, 6.07) is 26.1. The molecule has 0 saturated heterocycles. The molecule has 2 aromatic heterocycles. The molecule has 0 amide bonds. The molecule has 0 unspecified atom stereocenters. The van der Waals surface area contributed by atoms with E-state index < -0.39 is 12.7 Å². The maximum Gasteiger partial charge on any atom is 0.214 e. The van der Waals surface area contributed by atoms with Crippen molar-refractivity contribution in [1.29, 1.82) is 5.26 Å². The zero-order valence-electron chi connectivity index (χ0n) is 22.2. The number of rotatable bonds is 2. The number of benzene rings is 4. The highest BCUT2D eigenvalue weighted by Crippen LogP contribution is 2.45. The number of halogens is 1. The first-order chi connectivity index (χ1) is 18.2. The summed E-state index contributed by atoms with van der Waals surface area (Å²) in [5, 5.41) is 14.3. The molecular weight excluding hydrogens is 451 g/mol. The van der Waals surface area contributed by atoms with Gasteiger partial charge in [0.2, 0.25) is 11.9 Å². The van der Waals surface area contributed by atoms with Crippen molar-refractivity contribution in [3.05, 3.63) is 102 Å². The van der Waals surface area contributed by atoms with E-state index in [-0.39, 0.29) is 5.56 Å². The van der Waals surface area contributed by atoms with Gasteiger partial charge in [-0.1, -0.05) is 54.6 Å². The minimum Gasteiger partial charge on any atom is -0.200 e. The van der Waals surface area contributed by atoms with Gasteiger partial charge in [0.1, 0.15) is 7.05 Å². The fourth-order valence-electron chi connectivity index (χ4n) is 4.91. The topological polar surface area (TPSA) is 27.7 Å². The second-order valence-corrected chi connectivity index (χ2v) is 9.83. The van der Waals surface area contributed by atoms with E-state index in [9.17, 15) is 9.65 Å². The van der Waals surface area contributed by atoms with E-state index in [1.54, 1.807) is 23.0 Å². The van der Waals surface area contributed by atoms with Gasteiger partial charge in [-0.15, -0.1) is 11.3 Å². The Morgan fingerprint density at radius 1 is 0.886 bits per heavy atom. The Morgan fingerprint density at radius 2 is 1.63 bits per heavy atom. The molecule has 4 heteroatoms. The lowest BCUT2D eigenvalue weighted by atomic mass is 9.95. The van der Waals surface area contributed by atoms with Crippen LogP contribution in [0.15, 0.2) is 79.0 Å². The fraction of sp³-hybridized carbons (Fsp3) is 0.0968. The Labute approximate surface area is 211 Å². The second kappa shape index (κ2) is 8.01. The smallest absolute Gasteiger partial charge is 0.200 e. The Morgan fingerprint density at radius 3 is 2.40 bits per heavy atom. The number of fused-ring (bicyclic) bond motifs is 4. The Kier molecular flexibility index (Phi) is 4.18. The molecule has 168 valence electrons. The number of aryl methyl sites for hydroxylation is 3. The van der Waals surface area contributed by atoms with Crippen LogP contribution in [0.25, 0.3) is 53.3 Å². The molecule has 6 aromatic rings. The second-order valence-electron chi connectivity index (χ2n) is 8.81. The normalized spacial score (nSPS) is 13.0. The van der Waals surface area contributed by atoms with Crippen LogP contribution < -0.4 is 4.57 Å². The number of hydrogen-bond acceptors (Lipinski definition) is 2. The summed E-state index contributed by atoms with van der Waals surface area (Å²) >= 11 is 1.58. The van der Waals surface area contributed by atoms with E-state index in [0.29, 0.717) is 11.3 Å². The minimum absolute atomic E-state index is 0.299. The highest BCUT2D eigenvalue weighted by atomic mass is 32.1. The molecule has 4 aromatic carbocycles. The quantitative estimate of drug-likeness (QED) is 0.233. The van der Waals surface area contributed by atoms with Gasteiger partial charge in [0.25, 0.3) is 0 Å². The lowest BCUT2D eigenvalue weighted by Crippen LogP contribution is -2.31. The number of pyridine rings is 1. The number of aromatic nitrogens is 1. The van der Waals surface area contributed by atoms with Crippen LogP contribution in [0.2, 0.25) is 0 Å². The highest BCUT2D eigenvalue weighted by Gasteiger charge is 2.22. The van der Waals surface area contributed by atoms with Gasteiger partial charge in [0.05, 0.1) is 17.2 Å². The number of thiophene rings is 1. The van der Waals surface area contributed by atoms with Crippen molar-refractivity contribution in [3.63, 3.8) is 0 Å². The first-order valence-corrected chi connectivity index (χ1v) is 12.1. The Hall–Kier alpha value is -4.07. The minimum atomic E-state index is -2.57. The van der Waals surface area contributed by atoms with Gasteiger partial charge in [-0.25, -0.2) is 4.39 Å². The predicted molar refractivity (Wildman–Crippen MR) is 143 cm³/mol. The van der Waals surface area contributed by atoms with Gasteiger partial charge < -0.3 is 0 Å². The van der Waals surface area contributed by atoms with Crippen LogP contribution in [0.3, 0.4) is 0 Å². The van der Waals surface area contributed by atoms with Crippen molar-refractivity contribution < 1.29 is 13.1 Å². The zero-order valence-corrected chi connectivity index (χ0v) is 20.0. The summed E-state index contributed by atoms with van der Waals surface area (Å²) in [4.78, 5) is 0. The van der Waals surface area contributed by atoms with Gasteiger partial charge in [0, 0.05) is 35.9 Å². The first kappa shape index (κ1) is 18.3. The van der Waals surface area contributed by atoms with E-state index in [1.807, 2.05) is 37.3 Å². The summed E-state index contributed by atoms with van der Waals surface area (Å²) in [5.41, 5.74) is 4.58. The number of hydrogen-bond donors (Lipinski definition) is 0. The monoisotopic (exact) mass is 476 g/mol. The van der Waals surface area contributed by atoms with Crippen molar-refractivity contribution in [2.24, 2.45) is 7.05 Å². The average molecular weight is 477 g/mol. The molecule has 0 saturated carbocycles. The van der Waals surface area contributed by atoms with Crippen molar-refractivity contribution in [3.8, 4) is 28.5 Å². The summed E-state index contributed by atoms with van der Waals surface area (Å²) in [7, 11) is 1.72. The van der Waals surface area contributed by atoms with Crippen LogP contribution in [0.1, 0.15) is 20.8 Å². The first-order valence-electron chi connectivity index (χ1n) is 12.8. The molecule has 2 heterocycles. The van der Waals surface area contributed by atoms with Crippen LogP contribution in [-0.4, -0.2) is 0 Å². The van der Waals surface area contributed by atoms with Crippen molar-refractivity contribution >= 4 is 42.3 Å². The summed E-state index contributed by atoms with van der Waals surface area (Å²) in [5.74, 6) is -0.755. The molecule has 6 rings (SSSR count). The molecule has 0 aliphatic carbocycles. The third-order valence-corrected chi connectivity index (χ3v) is 7.91. The van der Waals surface area contributed by atoms with Crippen LogP contribution in [0.5, 0.6) is 0 Å². The van der Waals surface area contributed by atoms with Crippen LogP contribution in [0, 0.1) is 30.9 Å². The van der Waals surface area contributed by atoms with Crippen molar-refractivity contribution in [1.82, 2.24) is 0 Å². The van der Waals surface area contributed by atoms with Crippen LogP contribution >= 0.6 is 11.3 Å². The third-order valence-electron chi connectivity index (χ3n) is 6.66. The molecule has 0 bridgehead atoms. The maximum atomic E-state index is 14.7. The lowest BCUT2D eigenvalue weighted by Gasteiger charge is -2.08. The van der Waals surface area contributed by atoms with Crippen molar-refractivity contribution in [2.45, 2.75) is 13.8 Å². The molecule has 2 nitrogen and oxygen atoms in total. The maximum absolute atomic E-state index is 14.7. The van der Waals surface area contributed by atoms with Gasteiger partial charge >= 0.3 is 0 Å². The molecule has 0 aliphatic heterocycles. The van der Waals surface area contributed by atoms with Gasteiger partial charge in [-0.3, -0.25) is 0 Å². The molecule has 35 heavy (non-hydrogen) atoms. The van der Waals surface area contributed by atoms with E-state index in [4.69, 9.17) is 4.11 Å². The molecule has 0 fully saturated rings. The van der Waals surface area contributed by atoms with Gasteiger partial charge in [-0.05, 0) is 53.4 Å². The van der Waals surface area contributed by atoms with Gasteiger partial charge in [-0.2, -0.15) is 9.83 Å². The van der Waals surface area contributed by atoms with E-state index in [0.717, 1.165) is 53.2 Å². The molecule has 0 atom stereocenters. The Balaban J connectivity index is 1.69. The van der Waals surface area contributed by atoms with Crippen LogP contribution in [-0.2, 0) is 7.05 Å². The van der Waals surface area contributed by atoms with E-state index in [1.165, 1.54) is 12.3 Å². The molecule has 0 aliphatic rings. The molecular formula is C31H22FN2S+. The third kappa shape index (κ3) is 3.31. The summed E-state index contributed by atoms with van der Waals surface area (Å²) in [6.07, 6.45) is 1.23. The number of nitriles is 1. The Bertz CT molecular complexity index is 1970. The van der Waals surface area contributed by atoms with E-state index in [2.05, 4.69) is 42.5 Å². The lowest BCUT2D eigenvalue weighted by molar-refractivity contribution is -0.661. The molecule has 0 radical (unpaired) electrons. The van der Waals surface area contributed by atoms with Crippen LogP contribution in [0.4, 0.5) is 4.39 Å². The number of nitrogens with zero attached hydrogens (tertiary/aromatic N) is 2. The summed E-state index contributed by atoms with van der Waals surface area (Å²) < 4.78 is 41.7. The van der Waals surface area contributed by atoms with E-state index >= 15 is 0 Å². The molecule has 0 spiro atoms. The van der Waals surface area contributed by atoms with Crippen molar-refractivity contribution in [2.75, 3.05) is 0 Å². The predicted octanol–water partition coefficient (Wildman–Crippen LogP) is 7.99. The SMILES string of the molecule is [2H]C([2H])([2H])c1cc(-c2c(C)ccc3c2sc2c(-c4ccc5ccccc5c4)c(C#N)ccc23)[n+](C)cc1F. The standard InChI is InChI=1S/C31H22FN2S/c1-18-8-12-24-25-13-11-23(16-33)29(22-10-9-20-6-4-5-7-21(20)15-22)31(25)35-30(24)28(18)27-14-19(2)26(32)17-34(27)3/h4-15,17H,1-3H3/q+1/i2D3. The fourth-order valence-corrected chi connectivity index (χ4v) is 6.39. The zero-order chi connectivity index (χ0) is 26.8. The summed E-state index contributed by atoms with van der Waals surface area (Å²) in [6.45, 7) is -0.595.